The number of methoxy groups -OCH3 is 1. The maximum absolute atomic E-state index is 13.4. The number of para-hydroxylation sites is 1. The van der Waals surface area contributed by atoms with Crippen molar-refractivity contribution in [3.05, 3.63) is 35.5 Å². The van der Waals surface area contributed by atoms with Crippen molar-refractivity contribution >= 4 is 16.9 Å². The molecule has 2 aromatic rings. The molecular formula is C26H36N2O3. The molecule has 2 fully saturated rings. The van der Waals surface area contributed by atoms with Gasteiger partial charge in [0, 0.05) is 29.7 Å². The van der Waals surface area contributed by atoms with Crippen LogP contribution in [0, 0.1) is 16.2 Å². The second kappa shape index (κ2) is 6.14. The highest BCUT2D eigenvalue weighted by Gasteiger charge is 2.73. The Bertz CT molecular complexity index is 1070. The van der Waals surface area contributed by atoms with Gasteiger partial charge in [-0.1, -0.05) is 32.0 Å². The number of carbonyl (C=O) groups is 1. The summed E-state index contributed by atoms with van der Waals surface area (Å²) < 4.78 is 5.35. The number of piperidine rings is 1. The van der Waals surface area contributed by atoms with Crippen molar-refractivity contribution in [1.82, 2.24) is 9.88 Å². The number of aliphatic hydroxyl groups is 1. The maximum atomic E-state index is 13.4. The number of H-pyrrole nitrogens is 1. The smallest absolute Gasteiger partial charge is 0.315 e. The Hall–Kier alpha value is -1.85. The van der Waals surface area contributed by atoms with E-state index in [2.05, 4.69) is 54.9 Å². The molecule has 1 aromatic heterocycles. The second-order valence-corrected chi connectivity index (χ2v) is 11.4. The third-order valence-electron chi connectivity index (χ3n) is 10.2. The van der Waals surface area contributed by atoms with Crippen molar-refractivity contribution in [3.63, 3.8) is 0 Å². The van der Waals surface area contributed by atoms with Crippen molar-refractivity contribution in [1.29, 1.82) is 0 Å². The summed E-state index contributed by atoms with van der Waals surface area (Å²) in [6.45, 7) is 12.6. The number of aromatic amines is 1. The van der Waals surface area contributed by atoms with E-state index < -0.39 is 16.4 Å². The summed E-state index contributed by atoms with van der Waals surface area (Å²) in [5.74, 6) is -0.296. The predicted octanol–water partition coefficient (Wildman–Crippen LogP) is 4.38. The highest BCUT2D eigenvalue weighted by molar-refractivity contribution is 5.85. The molecule has 168 valence electrons. The molecule has 5 heteroatoms. The van der Waals surface area contributed by atoms with Crippen molar-refractivity contribution in [2.75, 3.05) is 20.2 Å². The third-order valence-corrected chi connectivity index (χ3v) is 10.2. The average Bonchev–Trinajstić information content (AvgIpc) is 3.12. The number of aromatic nitrogens is 1. The maximum Gasteiger partial charge on any atom is 0.315 e. The average molecular weight is 425 g/mol. The van der Waals surface area contributed by atoms with Crippen LogP contribution in [0.25, 0.3) is 10.9 Å². The van der Waals surface area contributed by atoms with Gasteiger partial charge in [-0.3, -0.25) is 9.69 Å². The minimum atomic E-state index is -1.12. The summed E-state index contributed by atoms with van der Waals surface area (Å²) in [4.78, 5) is 19.7. The fourth-order valence-corrected chi connectivity index (χ4v) is 7.67. The molecule has 0 amide bonds. The van der Waals surface area contributed by atoms with Gasteiger partial charge in [0.05, 0.1) is 23.7 Å². The molecule has 3 aliphatic rings. The lowest BCUT2D eigenvalue weighted by molar-refractivity contribution is -0.262. The van der Waals surface area contributed by atoms with Gasteiger partial charge in [-0.2, -0.15) is 0 Å². The van der Waals surface area contributed by atoms with Crippen LogP contribution in [0.5, 0.6) is 0 Å². The van der Waals surface area contributed by atoms with Gasteiger partial charge in [-0.25, -0.2) is 0 Å². The highest BCUT2D eigenvalue weighted by Crippen LogP contribution is 2.70. The Balaban J connectivity index is 1.72. The Morgan fingerprint density at radius 1 is 1.13 bits per heavy atom. The molecule has 5 nitrogen and oxygen atoms in total. The molecule has 5 unspecified atom stereocenters. The number of nitrogens with one attached hydrogen (secondary N) is 1. The molecule has 0 bridgehead atoms. The first kappa shape index (κ1) is 21.0. The van der Waals surface area contributed by atoms with E-state index in [9.17, 15) is 9.90 Å². The number of carbonyl (C=O) groups excluding carboxylic acids is 1. The SMILES string of the molecule is COC(=O)C1(C)C(C)(O)CCC2(C)CN3CCc4c([nH]c5ccccc45)C3(C)CC21C. The van der Waals surface area contributed by atoms with Crippen LogP contribution in [0.3, 0.4) is 0 Å². The van der Waals surface area contributed by atoms with E-state index in [1.54, 1.807) is 0 Å². The van der Waals surface area contributed by atoms with E-state index in [4.69, 9.17) is 4.74 Å². The predicted molar refractivity (Wildman–Crippen MR) is 122 cm³/mol. The Morgan fingerprint density at radius 3 is 2.55 bits per heavy atom. The van der Waals surface area contributed by atoms with Crippen molar-refractivity contribution in [3.8, 4) is 0 Å². The lowest BCUT2D eigenvalue weighted by Crippen LogP contribution is -2.74. The fourth-order valence-electron chi connectivity index (χ4n) is 7.67. The van der Waals surface area contributed by atoms with Crippen molar-refractivity contribution in [2.24, 2.45) is 16.2 Å². The molecule has 1 aliphatic carbocycles. The molecule has 2 N–H and O–H groups in total. The first-order chi connectivity index (χ1) is 14.4. The van der Waals surface area contributed by atoms with E-state index in [0.29, 0.717) is 6.42 Å². The summed E-state index contributed by atoms with van der Waals surface area (Å²) in [6.07, 6.45) is 3.33. The highest BCUT2D eigenvalue weighted by atomic mass is 16.5. The summed E-state index contributed by atoms with van der Waals surface area (Å²) in [7, 11) is 1.45. The van der Waals surface area contributed by atoms with Gasteiger partial charge in [0.25, 0.3) is 0 Å². The largest absolute Gasteiger partial charge is 0.468 e. The van der Waals surface area contributed by atoms with Gasteiger partial charge in [0.2, 0.25) is 0 Å². The van der Waals surface area contributed by atoms with Crippen LogP contribution in [-0.4, -0.2) is 46.8 Å². The first-order valence-electron chi connectivity index (χ1n) is 11.6. The number of esters is 1. The monoisotopic (exact) mass is 424 g/mol. The number of ether oxygens (including phenoxy) is 1. The van der Waals surface area contributed by atoms with Gasteiger partial charge < -0.3 is 14.8 Å². The standard InChI is InChI=1S/C26H36N2O3/c1-22-12-13-25(4,30)26(5,21(29)31-6)24(22,3)15-23(2)20-18(11-14-28(23)16-22)17-9-7-8-10-19(17)27-20/h7-10,27,30H,11-16H2,1-6H3. The Kier molecular flexibility index (Phi) is 4.16. The Labute approximate surface area is 185 Å². The van der Waals surface area contributed by atoms with Crippen LogP contribution >= 0.6 is 0 Å². The van der Waals surface area contributed by atoms with Gasteiger partial charge in [0.1, 0.15) is 0 Å². The molecule has 5 atom stereocenters. The van der Waals surface area contributed by atoms with E-state index >= 15 is 0 Å². The topological polar surface area (TPSA) is 65.6 Å². The molecule has 5 rings (SSSR count). The van der Waals surface area contributed by atoms with E-state index in [1.807, 2.05) is 13.8 Å². The molecule has 1 aromatic carbocycles. The zero-order valence-electron chi connectivity index (χ0n) is 19.8. The molecule has 3 heterocycles. The van der Waals surface area contributed by atoms with E-state index in [1.165, 1.54) is 29.3 Å². The number of nitrogens with zero attached hydrogens (tertiary/aromatic N) is 1. The Morgan fingerprint density at radius 2 is 1.84 bits per heavy atom. The molecule has 2 aliphatic heterocycles. The summed E-state index contributed by atoms with van der Waals surface area (Å²) >= 11 is 0. The summed E-state index contributed by atoms with van der Waals surface area (Å²) in [6, 6.07) is 8.55. The lowest BCUT2D eigenvalue weighted by atomic mass is 9.38. The van der Waals surface area contributed by atoms with Crippen LogP contribution < -0.4 is 0 Å². The summed E-state index contributed by atoms with van der Waals surface area (Å²) in [5.41, 5.74) is 0.979. The van der Waals surface area contributed by atoms with Crippen LogP contribution in [0.4, 0.5) is 0 Å². The second-order valence-electron chi connectivity index (χ2n) is 11.4. The van der Waals surface area contributed by atoms with Gasteiger partial charge in [0.15, 0.2) is 0 Å². The van der Waals surface area contributed by atoms with Gasteiger partial charge in [-0.15, -0.1) is 0 Å². The van der Waals surface area contributed by atoms with Crippen molar-refractivity contribution < 1.29 is 14.6 Å². The number of fused-ring (bicyclic) bond motifs is 6. The third kappa shape index (κ3) is 2.32. The van der Waals surface area contributed by atoms with Crippen LogP contribution in [0.2, 0.25) is 0 Å². The van der Waals surface area contributed by atoms with E-state index in [-0.39, 0.29) is 16.9 Å². The molecular weight excluding hydrogens is 388 g/mol. The minimum absolute atomic E-state index is 0.0960. The molecule has 31 heavy (non-hydrogen) atoms. The molecule has 0 spiro atoms. The summed E-state index contributed by atoms with van der Waals surface area (Å²) in [5, 5.41) is 12.9. The van der Waals surface area contributed by atoms with Gasteiger partial charge >= 0.3 is 5.97 Å². The van der Waals surface area contributed by atoms with Crippen molar-refractivity contribution in [2.45, 2.75) is 71.4 Å². The molecule has 1 saturated heterocycles. The molecule has 0 radical (unpaired) electrons. The van der Waals surface area contributed by atoms with Gasteiger partial charge in [-0.05, 0) is 68.9 Å². The zero-order chi connectivity index (χ0) is 22.4. The van der Waals surface area contributed by atoms with E-state index in [0.717, 1.165) is 32.4 Å². The van der Waals surface area contributed by atoms with Crippen LogP contribution in [0.1, 0.15) is 65.1 Å². The normalized spacial score (nSPS) is 42.5. The number of benzene rings is 1. The lowest BCUT2D eigenvalue weighted by Gasteiger charge is -2.70. The number of hydrogen-bond donors (Lipinski definition) is 2. The zero-order valence-corrected chi connectivity index (χ0v) is 19.8. The van der Waals surface area contributed by atoms with Crippen LogP contribution in [-0.2, 0) is 21.5 Å². The minimum Gasteiger partial charge on any atom is -0.468 e. The molecule has 1 saturated carbocycles. The quantitative estimate of drug-likeness (QED) is 0.667. The number of rotatable bonds is 1. The van der Waals surface area contributed by atoms with Crippen LogP contribution in [0.15, 0.2) is 24.3 Å². The fraction of sp³-hybridized carbons (Fsp3) is 0.654. The first-order valence-corrected chi connectivity index (χ1v) is 11.6. The number of hydrogen-bond acceptors (Lipinski definition) is 4.